The van der Waals surface area contributed by atoms with Crippen LogP contribution in [0.15, 0.2) is 67.0 Å². The lowest BCUT2D eigenvalue weighted by atomic mass is 9.77. The molecule has 0 amide bonds. The number of nitrogens with one attached hydrogen (secondary N) is 1. The maximum atomic E-state index is 10.9. The lowest BCUT2D eigenvalue weighted by Crippen LogP contribution is -2.16. The molecule has 198 valence electrons. The minimum Gasteiger partial charge on any atom is -0.481 e. The van der Waals surface area contributed by atoms with Crippen molar-refractivity contribution in [3.05, 3.63) is 94.4 Å². The molecule has 2 aromatic heterocycles. The van der Waals surface area contributed by atoms with Gasteiger partial charge in [-0.15, -0.1) is 0 Å². The fraction of sp³-hybridized carbons (Fsp3) is 0.323. The Hall–Kier alpha value is -3.48. The number of carboxylic acid groups (broad SMARTS) is 1. The molecule has 7 heteroatoms. The first-order chi connectivity index (χ1) is 18.4. The Kier molecular flexibility index (Phi) is 9.32. The van der Waals surface area contributed by atoms with Crippen LogP contribution in [0.25, 0.3) is 16.8 Å². The van der Waals surface area contributed by atoms with Crippen molar-refractivity contribution in [3.63, 3.8) is 0 Å². The quantitative estimate of drug-likeness (QED) is 0.253. The summed E-state index contributed by atoms with van der Waals surface area (Å²) in [4.78, 5) is 26.0. The molecule has 0 aliphatic heterocycles. The zero-order valence-electron chi connectivity index (χ0n) is 21.9. The average molecular weight is 532 g/mol. The second kappa shape index (κ2) is 12.9. The van der Waals surface area contributed by atoms with Gasteiger partial charge in [0.1, 0.15) is 11.3 Å². The topological polar surface area (TPSA) is 83.7 Å². The van der Waals surface area contributed by atoms with Gasteiger partial charge < -0.3 is 14.8 Å². The summed E-state index contributed by atoms with van der Waals surface area (Å²) in [5, 5.41) is 12.9. The van der Waals surface area contributed by atoms with E-state index in [1.165, 1.54) is 16.7 Å². The van der Waals surface area contributed by atoms with Gasteiger partial charge in [0.15, 0.2) is 6.29 Å². The maximum Gasteiger partial charge on any atom is 0.303 e. The van der Waals surface area contributed by atoms with Gasteiger partial charge in [0.2, 0.25) is 0 Å². The molecule has 0 bridgehead atoms. The van der Waals surface area contributed by atoms with Crippen molar-refractivity contribution in [2.24, 2.45) is 5.92 Å². The number of nitrogens with zero attached hydrogens (tertiary/aromatic N) is 2. The van der Waals surface area contributed by atoms with Crippen molar-refractivity contribution in [1.82, 2.24) is 14.7 Å². The predicted octanol–water partition coefficient (Wildman–Crippen LogP) is 6.93. The molecule has 2 N–H and O–H groups in total. The number of fused-ring (bicyclic) bond motifs is 1. The van der Waals surface area contributed by atoms with E-state index >= 15 is 0 Å². The van der Waals surface area contributed by atoms with Crippen LogP contribution in [-0.2, 0) is 11.3 Å². The number of hydrogen-bond acceptors (Lipinski definition) is 4. The molecular weight excluding hydrogens is 498 g/mol. The molecule has 5 rings (SSSR count). The molecule has 1 aliphatic rings. The van der Waals surface area contributed by atoms with Gasteiger partial charge in [-0.05, 0) is 97.5 Å². The van der Waals surface area contributed by atoms with Crippen molar-refractivity contribution in [2.45, 2.75) is 51.5 Å². The van der Waals surface area contributed by atoms with Gasteiger partial charge in [0.05, 0.1) is 0 Å². The number of carbonyl (C=O) groups is 2. The van der Waals surface area contributed by atoms with Gasteiger partial charge in [-0.2, -0.15) is 0 Å². The van der Waals surface area contributed by atoms with E-state index in [4.69, 9.17) is 16.7 Å². The van der Waals surface area contributed by atoms with Crippen molar-refractivity contribution < 1.29 is 14.7 Å². The van der Waals surface area contributed by atoms with Crippen LogP contribution < -0.4 is 5.32 Å². The number of aliphatic carboxylic acids is 1. The lowest BCUT2D eigenvalue weighted by molar-refractivity contribution is -0.138. The van der Waals surface area contributed by atoms with Crippen LogP contribution in [0.4, 0.5) is 0 Å². The summed E-state index contributed by atoms with van der Waals surface area (Å²) in [6.07, 6.45) is 8.89. The number of hydrogen-bond donors (Lipinski definition) is 2. The van der Waals surface area contributed by atoms with E-state index in [0.29, 0.717) is 24.0 Å². The molecule has 1 aliphatic carbocycles. The number of benzene rings is 2. The molecule has 0 saturated heterocycles. The molecular formula is C31H34ClN3O3. The number of halogens is 1. The third-order valence-corrected chi connectivity index (χ3v) is 7.68. The molecule has 38 heavy (non-hydrogen) atoms. The maximum absolute atomic E-state index is 10.9. The molecule has 2 aromatic carbocycles. The van der Waals surface area contributed by atoms with Gasteiger partial charge in [-0.25, -0.2) is 4.98 Å². The molecule has 0 atom stereocenters. The molecule has 0 spiro atoms. The van der Waals surface area contributed by atoms with Gasteiger partial charge in [0, 0.05) is 30.4 Å². The zero-order chi connectivity index (χ0) is 27.1. The monoisotopic (exact) mass is 531 g/mol. The first-order valence-electron chi connectivity index (χ1n) is 13.0. The highest BCUT2D eigenvalue weighted by atomic mass is 35.5. The molecule has 2 heterocycles. The van der Waals surface area contributed by atoms with E-state index in [1.54, 1.807) is 6.20 Å². The summed E-state index contributed by atoms with van der Waals surface area (Å²) in [7, 11) is 1.92. The summed E-state index contributed by atoms with van der Waals surface area (Å²) in [6, 6.07) is 18.5. The molecule has 0 radical (unpaired) electrons. The zero-order valence-corrected chi connectivity index (χ0v) is 22.6. The number of aldehydes is 1. The molecule has 1 fully saturated rings. The average Bonchev–Trinajstić information content (AvgIpc) is 3.34. The minimum absolute atomic E-state index is 0.300. The van der Waals surface area contributed by atoms with Crippen LogP contribution in [0.1, 0.15) is 65.2 Å². The van der Waals surface area contributed by atoms with E-state index < -0.39 is 5.97 Å². The molecule has 4 aromatic rings. The Labute approximate surface area is 228 Å². The van der Waals surface area contributed by atoms with Crippen LogP contribution >= 0.6 is 11.6 Å². The van der Waals surface area contributed by atoms with Crippen molar-refractivity contribution in [2.75, 3.05) is 7.05 Å². The van der Waals surface area contributed by atoms with Gasteiger partial charge in [-0.3, -0.25) is 9.59 Å². The van der Waals surface area contributed by atoms with E-state index in [1.807, 2.05) is 41.9 Å². The van der Waals surface area contributed by atoms with Gasteiger partial charge >= 0.3 is 5.97 Å². The second-order valence-corrected chi connectivity index (χ2v) is 10.4. The van der Waals surface area contributed by atoms with E-state index in [2.05, 4.69) is 47.6 Å². The predicted molar refractivity (Wildman–Crippen MR) is 152 cm³/mol. The highest BCUT2D eigenvalue weighted by Gasteiger charge is 2.24. The van der Waals surface area contributed by atoms with Gasteiger partial charge in [-0.1, -0.05) is 48.0 Å². The van der Waals surface area contributed by atoms with E-state index in [0.717, 1.165) is 60.3 Å². The summed E-state index contributed by atoms with van der Waals surface area (Å²) in [5.41, 5.74) is 7.16. The smallest absolute Gasteiger partial charge is 0.303 e. The minimum atomic E-state index is -0.682. The summed E-state index contributed by atoms with van der Waals surface area (Å²) in [6.45, 7) is 2.91. The first-order valence-corrected chi connectivity index (χ1v) is 13.4. The van der Waals surface area contributed by atoms with Crippen molar-refractivity contribution >= 4 is 29.5 Å². The van der Waals surface area contributed by atoms with Crippen molar-refractivity contribution in [3.8, 4) is 11.1 Å². The van der Waals surface area contributed by atoms with Gasteiger partial charge in [0.25, 0.3) is 0 Å². The summed E-state index contributed by atoms with van der Waals surface area (Å²) in [5.74, 6) is 0.171. The number of rotatable bonds is 7. The summed E-state index contributed by atoms with van der Waals surface area (Å²) < 4.78 is 1.87. The first kappa shape index (κ1) is 27.6. The largest absolute Gasteiger partial charge is 0.481 e. The highest BCUT2D eigenvalue weighted by Crippen LogP contribution is 2.37. The number of aryl methyl sites for hydroxylation is 1. The Morgan fingerprint density at radius 3 is 2.39 bits per heavy atom. The fourth-order valence-electron chi connectivity index (χ4n) is 5.20. The van der Waals surface area contributed by atoms with Crippen LogP contribution in [0, 0.1) is 12.8 Å². The number of carbonyl (C=O) groups excluding carboxylic acids is 1. The third-order valence-electron chi connectivity index (χ3n) is 7.32. The standard InChI is InChI=1S/C22H22N2O3.C9H12ClN/c25-14-20-13-24-12-19(9-10-21(24)23-20)18-7-5-17(6-8-18)16-3-1-15(2-4-16)11-22(26)27;1-7-4-3-5-9(10)8(7)6-11-2/h5-10,12-16H,1-4,11H2,(H,26,27);3-5,11H,6H2,1-2H3. The SMILES string of the molecule is CNCc1c(C)cccc1Cl.O=Cc1cn2cc(-c3ccc(C4CCC(CC(=O)O)CC4)cc3)ccc2n1. The Morgan fingerprint density at radius 1 is 1.05 bits per heavy atom. The van der Waals surface area contributed by atoms with Crippen LogP contribution in [0.5, 0.6) is 0 Å². The number of imidazole rings is 1. The third kappa shape index (κ3) is 6.88. The van der Waals surface area contributed by atoms with E-state index in [9.17, 15) is 9.59 Å². The Balaban J connectivity index is 0.000000257. The number of carboxylic acids is 1. The normalized spacial score (nSPS) is 17.0. The Bertz CT molecular complexity index is 1370. The molecule has 0 unspecified atom stereocenters. The Morgan fingerprint density at radius 2 is 1.76 bits per heavy atom. The second-order valence-electron chi connectivity index (χ2n) is 9.97. The molecule has 6 nitrogen and oxygen atoms in total. The number of aromatic nitrogens is 2. The lowest BCUT2D eigenvalue weighted by Gasteiger charge is -2.28. The fourth-order valence-corrected chi connectivity index (χ4v) is 5.49. The van der Waals surface area contributed by atoms with Crippen molar-refractivity contribution in [1.29, 1.82) is 0 Å². The van der Waals surface area contributed by atoms with E-state index in [-0.39, 0.29) is 0 Å². The highest BCUT2D eigenvalue weighted by molar-refractivity contribution is 6.31. The molecule has 1 saturated carbocycles. The summed E-state index contributed by atoms with van der Waals surface area (Å²) >= 11 is 5.97. The van der Waals surface area contributed by atoms with Crippen LogP contribution in [0.2, 0.25) is 5.02 Å². The van der Waals surface area contributed by atoms with Crippen LogP contribution in [0.3, 0.4) is 0 Å². The number of pyridine rings is 1. The van der Waals surface area contributed by atoms with Crippen LogP contribution in [-0.4, -0.2) is 33.8 Å².